The molecule has 0 fully saturated rings. The second-order valence-electron chi connectivity index (χ2n) is 2.14. The number of amides is 1. The van der Waals surface area contributed by atoms with Crippen LogP contribution in [0.25, 0.3) is 0 Å². The summed E-state index contributed by atoms with van der Waals surface area (Å²) in [6.07, 6.45) is 2.57. The molecule has 1 heterocycles. The molecule has 0 bridgehead atoms. The van der Waals surface area contributed by atoms with Crippen LogP contribution in [-0.2, 0) is 0 Å². The molecular weight excluding hydrogens is 240 g/mol. The summed E-state index contributed by atoms with van der Waals surface area (Å²) in [6, 6.07) is 0. The first-order valence-corrected chi connectivity index (χ1v) is 5.58. The van der Waals surface area contributed by atoms with Gasteiger partial charge in [0.2, 0.25) is 0 Å². The fraction of sp³-hybridized carbons (Fsp3) is 0.429. The van der Waals surface area contributed by atoms with Crippen molar-refractivity contribution in [1.82, 2.24) is 10.3 Å². The Morgan fingerprint density at radius 3 is 3.17 bits per heavy atom. The maximum absolute atomic E-state index is 11.2. The van der Waals surface area contributed by atoms with E-state index < -0.39 is 0 Å². The first-order valence-electron chi connectivity index (χ1n) is 3.58. The SMILES string of the molecule is O=C(NCCCBr)c1nccs1. The Balaban J connectivity index is 2.30. The Labute approximate surface area is 83.3 Å². The van der Waals surface area contributed by atoms with Crippen LogP contribution in [0.3, 0.4) is 0 Å². The summed E-state index contributed by atoms with van der Waals surface area (Å²) in [4.78, 5) is 15.1. The maximum atomic E-state index is 11.2. The van der Waals surface area contributed by atoms with Crippen molar-refractivity contribution in [3.63, 3.8) is 0 Å². The van der Waals surface area contributed by atoms with E-state index in [1.54, 1.807) is 11.6 Å². The van der Waals surface area contributed by atoms with Crippen LogP contribution in [0.5, 0.6) is 0 Å². The van der Waals surface area contributed by atoms with E-state index in [-0.39, 0.29) is 5.91 Å². The molecule has 0 unspecified atom stereocenters. The van der Waals surface area contributed by atoms with Crippen LogP contribution in [0.15, 0.2) is 11.6 Å². The van der Waals surface area contributed by atoms with Gasteiger partial charge in [0.1, 0.15) is 0 Å². The van der Waals surface area contributed by atoms with Gasteiger partial charge in [0.05, 0.1) is 0 Å². The fourth-order valence-electron chi connectivity index (χ4n) is 0.680. The molecule has 0 atom stereocenters. The highest BCUT2D eigenvalue weighted by molar-refractivity contribution is 9.09. The molecule has 12 heavy (non-hydrogen) atoms. The largest absolute Gasteiger partial charge is 0.350 e. The van der Waals surface area contributed by atoms with Crippen molar-refractivity contribution in [2.24, 2.45) is 0 Å². The fourth-order valence-corrected chi connectivity index (χ4v) is 1.51. The van der Waals surface area contributed by atoms with E-state index in [2.05, 4.69) is 26.2 Å². The standard InChI is InChI=1S/C7H9BrN2OS/c8-2-1-3-9-6(11)7-10-4-5-12-7/h4-5H,1-3H2,(H,9,11). The Hall–Kier alpha value is -0.420. The van der Waals surface area contributed by atoms with Gasteiger partial charge in [-0.05, 0) is 6.42 Å². The van der Waals surface area contributed by atoms with E-state index in [4.69, 9.17) is 0 Å². The third-order valence-corrected chi connectivity index (χ3v) is 2.56. The van der Waals surface area contributed by atoms with Crippen LogP contribution in [0.4, 0.5) is 0 Å². The maximum Gasteiger partial charge on any atom is 0.280 e. The van der Waals surface area contributed by atoms with E-state index in [0.29, 0.717) is 11.6 Å². The number of alkyl halides is 1. The van der Waals surface area contributed by atoms with Crippen LogP contribution >= 0.6 is 27.3 Å². The molecule has 66 valence electrons. The molecule has 0 spiro atoms. The van der Waals surface area contributed by atoms with Crippen LogP contribution in [-0.4, -0.2) is 22.8 Å². The number of nitrogens with one attached hydrogen (secondary N) is 1. The van der Waals surface area contributed by atoms with Crippen LogP contribution in [0, 0.1) is 0 Å². The van der Waals surface area contributed by atoms with Gasteiger partial charge in [-0.25, -0.2) is 4.98 Å². The molecule has 0 aliphatic heterocycles. The lowest BCUT2D eigenvalue weighted by Crippen LogP contribution is -2.24. The molecule has 1 aromatic rings. The third-order valence-electron chi connectivity index (χ3n) is 1.22. The van der Waals surface area contributed by atoms with Crippen molar-refractivity contribution in [2.45, 2.75) is 6.42 Å². The molecule has 0 saturated heterocycles. The molecular formula is C7H9BrN2OS. The Kier molecular flexibility index (Phi) is 4.24. The number of nitrogens with zero attached hydrogens (tertiary/aromatic N) is 1. The van der Waals surface area contributed by atoms with E-state index in [9.17, 15) is 4.79 Å². The molecule has 0 aliphatic rings. The predicted molar refractivity (Wildman–Crippen MR) is 52.9 cm³/mol. The van der Waals surface area contributed by atoms with E-state index in [1.807, 2.05) is 0 Å². The predicted octanol–water partition coefficient (Wildman–Crippen LogP) is 1.66. The number of hydrogen-bond acceptors (Lipinski definition) is 3. The summed E-state index contributed by atoms with van der Waals surface area (Å²) in [5, 5.41) is 6.00. The lowest BCUT2D eigenvalue weighted by molar-refractivity contribution is 0.0953. The van der Waals surface area contributed by atoms with Gasteiger partial charge in [0, 0.05) is 23.5 Å². The van der Waals surface area contributed by atoms with Crippen LogP contribution in [0.2, 0.25) is 0 Å². The Morgan fingerprint density at radius 2 is 2.58 bits per heavy atom. The number of carbonyl (C=O) groups is 1. The van der Waals surface area contributed by atoms with Gasteiger partial charge in [-0.3, -0.25) is 4.79 Å². The molecule has 0 aromatic carbocycles. The highest BCUT2D eigenvalue weighted by Crippen LogP contribution is 2.02. The second kappa shape index (κ2) is 5.27. The summed E-state index contributed by atoms with van der Waals surface area (Å²) >= 11 is 4.64. The number of aromatic nitrogens is 1. The summed E-state index contributed by atoms with van der Waals surface area (Å²) in [5.74, 6) is -0.0778. The summed E-state index contributed by atoms with van der Waals surface area (Å²) in [5.41, 5.74) is 0. The van der Waals surface area contributed by atoms with Crippen molar-refractivity contribution < 1.29 is 4.79 Å². The van der Waals surface area contributed by atoms with Gasteiger partial charge < -0.3 is 5.32 Å². The average Bonchev–Trinajstić information content (AvgIpc) is 2.56. The Morgan fingerprint density at radius 1 is 1.75 bits per heavy atom. The highest BCUT2D eigenvalue weighted by Gasteiger charge is 2.05. The minimum absolute atomic E-state index is 0.0778. The number of thiazole rings is 1. The van der Waals surface area contributed by atoms with Gasteiger partial charge in [-0.2, -0.15) is 0 Å². The van der Waals surface area contributed by atoms with Crippen molar-refractivity contribution in [1.29, 1.82) is 0 Å². The van der Waals surface area contributed by atoms with Crippen molar-refractivity contribution >= 4 is 33.2 Å². The molecule has 0 aliphatic carbocycles. The van der Waals surface area contributed by atoms with Gasteiger partial charge in [-0.15, -0.1) is 11.3 Å². The number of hydrogen-bond donors (Lipinski definition) is 1. The van der Waals surface area contributed by atoms with E-state index >= 15 is 0 Å². The van der Waals surface area contributed by atoms with Crippen molar-refractivity contribution in [3.05, 3.63) is 16.6 Å². The molecule has 1 aromatic heterocycles. The molecule has 5 heteroatoms. The minimum atomic E-state index is -0.0778. The average molecular weight is 249 g/mol. The summed E-state index contributed by atoms with van der Waals surface area (Å²) in [7, 11) is 0. The van der Waals surface area contributed by atoms with Gasteiger partial charge in [0.25, 0.3) is 5.91 Å². The number of carbonyl (C=O) groups excluding carboxylic acids is 1. The molecule has 1 rings (SSSR count). The first kappa shape index (κ1) is 9.67. The highest BCUT2D eigenvalue weighted by atomic mass is 79.9. The van der Waals surface area contributed by atoms with E-state index in [0.717, 1.165) is 11.8 Å². The molecule has 1 amide bonds. The normalized spacial score (nSPS) is 9.75. The second-order valence-corrected chi connectivity index (χ2v) is 3.82. The summed E-state index contributed by atoms with van der Waals surface area (Å²) < 4.78 is 0. The number of halogens is 1. The first-order chi connectivity index (χ1) is 5.84. The summed E-state index contributed by atoms with van der Waals surface area (Å²) in [6.45, 7) is 0.698. The molecule has 0 radical (unpaired) electrons. The zero-order valence-corrected chi connectivity index (χ0v) is 8.82. The van der Waals surface area contributed by atoms with Gasteiger partial charge >= 0.3 is 0 Å². The third kappa shape index (κ3) is 2.91. The quantitative estimate of drug-likeness (QED) is 0.651. The lowest BCUT2D eigenvalue weighted by atomic mass is 10.5. The monoisotopic (exact) mass is 248 g/mol. The topological polar surface area (TPSA) is 42.0 Å². The zero-order valence-electron chi connectivity index (χ0n) is 6.42. The lowest BCUT2D eigenvalue weighted by Gasteiger charge is -1.99. The van der Waals surface area contributed by atoms with Crippen molar-refractivity contribution in [2.75, 3.05) is 11.9 Å². The van der Waals surface area contributed by atoms with Gasteiger partial charge in [0.15, 0.2) is 5.01 Å². The minimum Gasteiger partial charge on any atom is -0.350 e. The molecule has 0 saturated carbocycles. The zero-order chi connectivity index (χ0) is 8.81. The smallest absolute Gasteiger partial charge is 0.280 e. The van der Waals surface area contributed by atoms with E-state index in [1.165, 1.54) is 11.3 Å². The van der Waals surface area contributed by atoms with Crippen LogP contribution < -0.4 is 5.32 Å². The van der Waals surface area contributed by atoms with Crippen molar-refractivity contribution in [3.8, 4) is 0 Å². The molecule has 1 N–H and O–H groups in total. The Bertz CT molecular complexity index is 238. The van der Waals surface area contributed by atoms with Crippen LogP contribution in [0.1, 0.15) is 16.2 Å². The molecule has 3 nitrogen and oxygen atoms in total. The van der Waals surface area contributed by atoms with Gasteiger partial charge in [-0.1, -0.05) is 15.9 Å². The number of rotatable bonds is 4.